The molecule has 7 amide bonds. The summed E-state index contributed by atoms with van der Waals surface area (Å²) in [6.45, 7) is 20.5. The van der Waals surface area contributed by atoms with Gasteiger partial charge < -0.3 is 55.7 Å². The van der Waals surface area contributed by atoms with E-state index in [0.29, 0.717) is 37.1 Å². The average Bonchev–Trinajstić information content (AvgIpc) is 4.01. The Morgan fingerprint density at radius 3 is 1.94 bits per heavy atom. The number of rotatable bonds is 35. The average molecular weight is 1160 g/mol. The van der Waals surface area contributed by atoms with Crippen molar-refractivity contribution in [2.45, 2.75) is 183 Å². The lowest BCUT2D eigenvalue weighted by Gasteiger charge is -2.41. The van der Waals surface area contributed by atoms with Gasteiger partial charge in [0.05, 0.1) is 48.9 Å². The molecule has 12 atom stereocenters. The lowest BCUT2D eigenvalue weighted by molar-refractivity contribution is -0.149. The molecule has 2 aromatic rings. The van der Waals surface area contributed by atoms with E-state index in [0.717, 1.165) is 12.0 Å². The summed E-state index contributed by atoms with van der Waals surface area (Å²) in [5, 5.41) is 19.0. The molecule has 2 aromatic carbocycles. The van der Waals surface area contributed by atoms with Crippen molar-refractivity contribution in [2.75, 3.05) is 46.7 Å². The summed E-state index contributed by atoms with van der Waals surface area (Å²) in [7, 11) is 6.26. The molecule has 20 heteroatoms. The molecular weight excluding hydrogens is 1060 g/mol. The minimum Gasteiger partial charge on any atom is -0.445 e. The van der Waals surface area contributed by atoms with Gasteiger partial charge >= 0.3 is 12.1 Å². The number of primary amides is 1. The molecule has 83 heavy (non-hydrogen) atoms. The smallest absolute Gasteiger partial charge is 0.410 e. The van der Waals surface area contributed by atoms with Crippen LogP contribution in [0.1, 0.15) is 151 Å². The van der Waals surface area contributed by atoms with Crippen molar-refractivity contribution < 1.29 is 62.5 Å². The van der Waals surface area contributed by atoms with Gasteiger partial charge in [0.1, 0.15) is 12.4 Å². The number of nitrogens with two attached hydrogens (primary N) is 1. The van der Waals surface area contributed by atoms with Crippen LogP contribution < -0.4 is 21.7 Å². The Hall–Kier alpha value is -6.25. The number of urea groups is 1. The molecule has 0 radical (unpaired) electrons. The van der Waals surface area contributed by atoms with Gasteiger partial charge in [-0.15, -0.1) is 0 Å². The van der Waals surface area contributed by atoms with Crippen LogP contribution in [0.2, 0.25) is 0 Å². The maximum atomic E-state index is 14.8. The zero-order chi connectivity index (χ0) is 62.4. The number of aliphatic hydroxyl groups excluding tert-OH is 1. The lowest BCUT2D eigenvalue weighted by Crippen LogP contribution is -2.54. The number of hydrogen-bond acceptors (Lipinski definition) is 13. The second kappa shape index (κ2) is 34.5. The second-order valence-corrected chi connectivity index (χ2v) is 23.9. The van der Waals surface area contributed by atoms with Crippen LogP contribution in [-0.2, 0) is 54.4 Å². The number of Topliss-reactive ketones (excluding diaryl/α,β-unsaturated/α-hetero) is 3. The van der Waals surface area contributed by atoms with Gasteiger partial charge in [-0.2, -0.15) is 0 Å². The van der Waals surface area contributed by atoms with Crippen molar-refractivity contribution in [3.8, 4) is 0 Å². The quantitative estimate of drug-likeness (QED) is 0.0412. The van der Waals surface area contributed by atoms with E-state index in [-0.39, 0.29) is 116 Å². The van der Waals surface area contributed by atoms with Crippen LogP contribution in [0, 0.1) is 47.3 Å². The summed E-state index contributed by atoms with van der Waals surface area (Å²) in [6.07, 6.45) is -0.470. The molecule has 1 heterocycles. The van der Waals surface area contributed by atoms with Gasteiger partial charge in [0, 0.05) is 91.0 Å². The zero-order valence-electron chi connectivity index (χ0n) is 52.1. The molecule has 0 aromatic heterocycles. The Labute approximate surface area is 493 Å². The van der Waals surface area contributed by atoms with E-state index in [2.05, 4.69) is 16.0 Å². The van der Waals surface area contributed by atoms with Gasteiger partial charge in [-0.25, -0.2) is 9.59 Å². The molecule has 1 aliphatic heterocycles. The Bertz CT molecular complexity index is 2440. The summed E-state index contributed by atoms with van der Waals surface area (Å²) in [6, 6.07) is 12.5. The summed E-state index contributed by atoms with van der Waals surface area (Å²) in [5.74, 6) is -5.41. The molecule has 20 nitrogen and oxygen atoms in total. The zero-order valence-corrected chi connectivity index (χ0v) is 52.1. The van der Waals surface area contributed by atoms with Crippen molar-refractivity contribution in [3.05, 3.63) is 65.7 Å². The first-order chi connectivity index (χ1) is 39.1. The van der Waals surface area contributed by atoms with Crippen LogP contribution in [0.3, 0.4) is 0 Å². The largest absolute Gasteiger partial charge is 0.445 e. The van der Waals surface area contributed by atoms with Gasteiger partial charge in [-0.1, -0.05) is 118 Å². The number of likely N-dealkylation sites (tertiary alicyclic amines) is 1. The van der Waals surface area contributed by atoms with E-state index in [9.17, 15) is 48.3 Å². The molecular formula is C63H99N7O13. The second-order valence-electron chi connectivity index (χ2n) is 23.9. The third-order valence-corrected chi connectivity index (χ3v) is 16.6. The molecule has 0 spiro atoms. The van der Waals surface area contributed by atoms with Crippen LogP contribution in [0.15, 0.2) is 54.6 Å². The Kier molecular flexibility index (Phi) is 29.5. The van der Waals surface area contributed by atoms with Crippen LogP contribution in [0.4, 0.5) is 15.3 Å². The van der Waals surface area contributed by atoms with Gasteiger partial charge in [0.25, 0.3) is 0 Å². The minimum absolute atomic E-state index is 0.0430. The van der Waals surface area contributed by atoms with Gasteiger partial charge in [0.15, 0.2) is 11.6 Å². The predicted molar refractivity (Wildman–Crippen MR) is 318 cm³/mol. The number of anilines is 1. The van der Waals surface area contributed by atoms with Crippen LogP contribution in [-0.4, -0.2) is 151 Å². The fourth-order valence-electron chi connectivity index (χ4n) is 11.6. The van der Waals surface area contributed by atoms with E-state index in [1.165, 1.54) is 26.0 Å². The van der Waals surface area contributed by atoms with Gasteiger partial charge in [0.2, 0.25) is 23.6 Å². The number of likely N-dealkylation sites (N-methyl/N-ethyl adjacent to an activating group) is 2. The van der Waals surface area contributed by atoms with E-state index < -0.39 is 72.2 Å². The van der Waals surface area contributed by atoms with Crippen molar-refractivity contribution >= 4 is 58.8 Å². The van der Waals surface area contributed by atoms with E-state index >= 15 is 0 Å². The fraction of sp³-hybridized carbons (Fsp3) is 0.667. The number of methoxy groups -OCH3 is 2. The first-order valence-corrected chi connectivity index (χ1v) is 29.6. The van der Waals surface area contributed by atoms with Crippen LogP contribution >= 0.6 is 0 Å². The predicted octanol–water partition coefficient (Wildman–Crippen LogP) is 7.88. The topological polar surface area (TPSA) is 273 Å². The molecule has 0 saturated carbocycles. The monoisotopic (exact) mass is 1160 g/mol. The van der Waals surface area contributed by atoms with Crippen molar-refractivity contribution in [3.63, 3.8) is 0 Å². The standard InChI is InChI=1S/C63H99N7O13/c1-16-40(8)57(53(81-14)35-54(75)70-31-21-25-49(70)59(82-15)42(10)50(72)32-41(9)58(76)45-22-18-17-19-23-45)68(12)61(78)48(37(2)3)34-52(74)56(39(6)7)69(13)63(80)83-36-44-26-28-47(29-27-44)67-60(77)46(24-20-30-65-62(64)79)33-51(73)55(38(4)5)66-43(11)71/h17-19,22-23,26-29,37-42,46,48-49,53,55-59,76H,16,20-21,24-25,30-36H2,1-15H3,(H,66,71)(H,67,77)(H3,64,65,79)/t40-,41-,42-,46+,48-,49-,53+,55-,56-,57-,58+,59+/m0/s1. The molecule has 1 aliphatic rings. The SMILES string of the molecule is CC[C@H](C)[C@@H]([C@@H](CC(=O)N1CCC[C@H]1[C@H](OC)[C@@H](C)C(=O)C[C@H](C)[C@@H](O)c1ccccc1)OC)N(C)C(=O)[C@@H](CC(=O)[C@H](C(C)C)N(C)C(=O)OCc1ccc(NC(=O)[C@H](CCCNC(N)=O)CC(=O)[C@@H](NC(C)=O)C(C)C)cc1)C(C)C. The molecule has 6 N–H and O–H groups in total. The van der Waals surface area contributed by atoms with Crippen molar-refractivity contribution in [1.82, 2.24) is 25.3 Å². The Morgan fingerprint density at radius 2 is 1.40 bits per heavy atom. The third kappa shape index (κ3) is 21.1. The number of nitrogens with one attached hydrogen (secondary N) is 3. The summed E-state index contributed by atoms with van der Waals surface area (Å²) in [5.41, 5.74) is 6.94. The minimum atomic E-state index is -0.943. The number of ketones is 3. The normalized spacial score (nSPS) is 17.4. The summed E-state index contributed by atoms with van der Waals surface area (Å²) < 4.78 is 17.8. The van der Waals surface area contributed by atoms with Crippen LogP contribution in [0.5, 0.6) is 0 Å². The summed E-state index contributed by atoms with van der Waals surface area (Å²) in [4.78, 5) is 126. The van der Waals surface area contributed by atoms with Crippen LogP contribution in [0.25, 0.3) is 0 Å². The van der Waals surface area contributed by atoms with Gasteiger partial charge in [-0.3, -0.25) is 33.6 Å². The van der Waals surface area contributed by atoms with Crippen molar-refractivity contribution in [1.29, 1.82) is 0 Å². The highest BCUT2D eigenvalue weighted by molar-refractivity contribution is 5.97. The highest BCUT2D eigenvalue weighted by Gasteiger charge is 2.44. The van der Waals surface area contributed by atoms with E-state index in [1.807, 2.05) is 85.7 Å². The number of carbonyl (C=O) groups is 9. The maximum Gasteiger partial charge on any atom is 0.410 e. The lowest BCUT2D eigenvalue weighted by atomic mass is 9.83. The molecule has 0 bridgehead atoms. The number of aliphatic hydroxyl groups is 1. The molecule has 1 fully saturated rings. The van der Waals surface area contributed by atoms with E-state index in [4.69, 9.17) is 19.9 Å². The van der Waals surface area contributed by atoms with Gasteiger partial charge in [-0.05, 0) is 78.5 Å². The molecule has 1 saturated heterocycles. The Balaban J connectivity index is 1.71. The highest BCUT2D eigenvalue weighted by Crippen LogP contribution is 2.33. The number of hydrogen-bond donors (Lipinski definition) is 5. The first kappa shape index (κ1) is 71.0. The maximum absolute atomic E-state index is 14.8. The van der Waals surface area contributed by atoms with Crippen molar-refractivity contribution in [2.24, 2.45) is 53.1 Å². The molecule has 464 valence electrons. The highest BCUT2D eigenvalue weighted by atomic mass is 16.6. The fourth-order valence-corrected chi connectivity index (χ4v) is 11.6. The van der Waals surface area contributed by atoms with E-state index in [1.54, 1.807) is 62.1 Å². The molecule has 0 unspecified atom stereocenters. The number of carbonyl (C=O) groups excluding carboxylic acids is 9. The molecule has 0 aliphatic carbocycles. The number of nitrogens with zero attached hydrogens (tertiary/aromatic N) is 3. The third-order valence-electron chi connectivity index (χ3n) is 16.6. The number of benzene rings is 2. The Morgan fingerprint density at radius 1 is 0.759 bits per heavy atom. The first-order valence-electron chi connectivity index (χ1n) is 29.6. The summed E-state index contributed by atoms with van der Waals surface area (Å²) >= 11 is 0. The number of amides is 7. The molecule has 3 rings (SSSR count). The number of ether oxygens (including phenoxy) is 3.